The number of nitrogens with zero attached hydrogens (tertiary/aromatic N) is 2. The Morgan fingerprint density at radius 1 is 0.970 bits per heavy atom. The monoisotopic (exact) mass is 470 g/mol. The van der Waals surface area contributed by atoms with Crippen LogP contribution >= 0.6 is 0 Å². The Bertz CT molecular complexity index is 1120. The van der Waals surface area contributed by atoms with Crippen molar-refractivity contribution in [3.8, 4) is 0 Å². The van der Waals surface area contributed by atoms with Crippen molar-refractivity contribution < 1.29 is 22.7 Å². The lowest BCUT2D eigenvalue weighted by Gasteiger charge is -2.34. The maximum atomic E-state index is 13.0. The van der Waals surface area contributed by atoms with Crippen LogP contribution in [0.15, 0.2) is 53.4 Å². The summed E-state index contributed by atoms with van der Waals surface area (Å²) in [7, 11) is -3.61. The molecule has 0 aliphatic carbocycles. The lowest BCUT2D eigenvalue weighted by molar-refractivity contribution is -0.135. The number of carbonyl (C=O) groups excluding carboxylic acids is 2. The maximum absolute atomic E-state index is 13.0. The van der Waals surface area contributed by atoms with Crippen molar-refractivity contribution in [2.24, 2.45) is 11.8 Å². The van der Waals surface area contributed by atoms with E-state index in [4.69, 9.17) is 4.74 Å². The van der Waals surface area contributed by atoms with E-state index in [9.17, 15) is 18.0 Å². The first-order valence-electron chi connectivity index (χ1n) is 11.4. The fraction of sp³-hybridized carbons (Fsp3) is 0.440. The topological polar surface area (TPSA) is 84.0 Å². The third-order valence-corrected chi connectivity index (χ3v) is 8.22. The van der Waals surface area contributed by atoms with E-state index in [0.29, 0.717) is 38.0 Å². The highest BCUT2D eigenvalue weighted by atomic mass is 32.2. The summed E-state index contributed by atoms with van der Waals surface area (Å²) in [5.74, 6) is -0.275. The third kappa shape index (κ3) is 5.28. The maximum Gasteiger partial charge on any atom is 0.338 e. The van der Waals surface area contributed by atoms with Crippen LogP contribution in [0.3, 0.4) is 0 Å². The minimum Gasteiger partial charge on any atom is -0.452 e. The molecule has 1 amide bonds. The van der Waals surface area contributed by atoms with Gasteiger partial charge in [-0.25, -0.2) is 13.2 Å². The summed E-state index contributed by atoms with van der Waals surface area (Å²) in [4.78, 5) is 26.8. The van der Waals surface area contributed by atoms with Crippen molar-refractivity contribution in [3.05, 3.63) is 65.2 Å². The van der Waals surface area contributed by atoms with E-state index < -0.39 is 16.0 Å². The van der Waals surface area contributed by atoms with Crippen molar-refractivity contribution in [3.63, 3.8) is 0 Å². The van der Waals surface area contributed by atoms with Crippen LogP contribution in [0.4, 0.5) is 0 Å². The molecule has 0 unspecified atom stereocenters. The molecule has 7 nitrogen and oxygen atoms in total. The average molecular weight is 471 g/mol. The molecular formula is C25H30N2O5S. The number of ether oxygens (including phenoxy) is 1. The van der Waals surface area contributed by atoms with Gasteiger partial charge in [0.1, 0.15) is 0 Å². The summed E-state index contributed by atoms with van der Waals surface area (Å²) in [6.07, 6.45) is 1.79. The Morgan fingerprint density at radius 3 is 2.27 bits per heavy atom. The number of rotatable bonds is 5. The first-order valence-corrected chi connectivity index (χ1v) is 12.8. The molecule has 1 fully saturated rings. The van der Waals surface area contributed by atoms with Gasteiger partial charge in [-0.2, -0.15) is 4.31 Å². The van der Waals surface area contributed by atoms with Gasteiger partial charge in [0.25, 0.3) is 5.91 Å². The Morgan fingerprint density at radius 2 is 1.61 bits per heavy atom. The molecule has 0 radical (unpaired) electrons. The van der Waals surface area contributed by atoms with Gasteiger partial charge in [0.15, 0.2) is 6.61 Å². The Labute approximate surface area is 195 Å². The normalized spacial score (nSPS) is 21.3. The highest BCUT2D eigenvalue weighted by Crippen LogP contribution is 2.27. The first kappa shape index (κ1) is 23.4. The first-order chi connectivity index (χ1) is 15.7. The zero-order valence-electron chi connectivity index (χ0n) is 19.1. The van der Waals surface area contributed by atoms with Crippen molar-refractivity contribution in [1.82, 2.24) is 9.21 Å². The number of piperidine rings is 1. The molecule has 8 heteroatoms. The van der Waals surface area contributed by atoms with E-state index >= 15 is 0 Å². The molecule has 2 atom stereocenters. The molecule has 1 saturated heterocycles. The fourth-order valence-electron chi connectivity index (χ4n) is 4.72. The molecule has 2 heterocycles. The number of fused-ring (bicyclic) bond motifs is 1. The zero-order chi connectivity index (χ0) is 23.6. The fourth-order valence-corrected chi connectivity index (χ4v) is 6.40. The van der Waals surface area contributed by atoms with Crippen molar-refractivity contribution in [1.29, 1.82) is 0 Å². The van der Waals surface area contributed by atoms with Crippen LogP contribution in [0.1, 0.15) is 41.8 Å². The Kier molecular flexibility index (Phi) is 6.86. The number of carbonyl (C=O) groups is 2. The molecule has 0 bridgehead atoms. The molecule has 2 aliphatic heterocycles. The molecule has 33 heavy (non-hydrogen) atoms. The summed E-state index contributed by atoms with van der Waals surface area (Å²) in [6.45, 7) is 5.87. The number of amides is 1. The number of esters is 1. The standard InChI is InChI=1S/C25H30N2O5S/c1-18-13-19(2)15-27(14-18)33(30,31)23-9-7-21(8-10-23)25(29)32-17-24(28)26-12-11-20-5-3-4-6-22(20)16-26/h3-10,18-19H,11-17H2,1-2H3/t18-,19-/m1/s1. The summed E-state index contributed by atoms with van der Waals surface area (Å²) < 4.78 is 32.7. The summed E-state index contributed by atoms with van der Waals surface area (Å²) in [5.41, 5.74) is 2.56. The van der Waals surface area contributed by atoms with Crippen LogP contribution < -0.4 is 0 Å². The van der Waals surface area contributed by atoms with E-state index in [1.807, 2.05) is 18.2 Å². The van der Waals surface area contributed by atoms with Gasteiger partial charge in [0, 0.05) is 26.2 Å². The van der Waals surface area contributed by atoms with Crippen molar-refractivity contribution >= 4 is 21.9 Å². The summed E-state index contributed by atoms with van der Waals surface area (Å²) in [6, 6.07) is 13.7. The number of hydrogen-bond donors (Lipinski definition) is 0. The molecule has 0 N–H and O–H groups in total. The number of hydrogen-bond acceptors (Lipinski definition) is 5. The van der Waals surface area contributed by atoms with Gasteiger partial charge in [-0.1, -0.05) is 38.1 Å². The summed E-state index contributed by atoms with van der Waals surface area (Å²) in [5, 5.41) is 0. The van der Waals surface area contributed by atoms with Crippen LogP contribution in [0.2, 0.25) is 0 Å². The van der Waals surface area contributed by atoms with Crippen LogP contribution in [0.5, 0.6) is 0 Å². The van der Waals surface area contributed by atoms with Gasteiger partial charge in [-0.3, -0.25) is 4.79 Å². The third-order valence-electron chi connectivity index (χ3n) is 6.37. The molecule has 4 rings (SSSR count). The lowest BCUT2D eigenvalue weighted by atomic mass is 9.94. The van der Waals surface area contributed by atoms with Gasteiger partial charge in [0.05, 0.1) is 10.5 Å². The van der Waals surface area contributed by atoms with Gasteiger partial charge in [-0.05, 0) is 60.1 Å². The quantitative estimate of drug-likeness (QED) is 0.627. The largest absolute Gasteiger partial charge is 0.452 e. The van der Waals surface area contributed by atoms with Crippen LogP contribution in [0, 0.1) is 11.8 Å². The minimum absolute atomic E-state index is 0.156. The van der Waals surface area contributed by atoms with Gasteiger partial charge < -0.3 is 9.64 Å². The zero-order valence-corrected chi connectivity index (χ0v) is 19.9. The van der Waals surface area contributed by atoms with E-state index in [1.54, 1.807) is 4.90 Å². The molecule has 0 saturated carbocycles. The Hall–Kier alpha value is -2.71. The molecule has 2 aliphatic rings. The van der Waals surface area contributed by atoms with Gasteiger partial charge in [-0.15, -0.1) is 0 Å². The predicted molar refractivity (Wildman–Crippen MR) is 124 cm³/mol. The van der Waals surface area contributed by atoms with E-state index in [0.717, 1.165) is 18.4 Å². The van der Waals surface area contributed by atoms with Crippen LogP contribution in [-0.4, -0.2) is 55.7 Å². The molecular weight excluding hydrogens is 440 g/mol. The van der Waals surface area contributed by atoms with Gasteiger partial charge >= 0.3 is 5.97 Å². The SMILES string of the molecule is C[C@@H]1C[C@@H](C)CN(S(=O)(=O)c2ccc(C(=O)OCC(=O)N3CCc4ccccc4C3)cc2)C1. The second-order valence-corrected chi connectivity index (χ2v) is 11.1. The molecule has 2 aromatic rings. The van der Waals surface area contributed by atoms with E-state index in [1.165, 1.54) is 34.1 Å². The highest BCUT2D eigenvalue weighted by molar-refractivity contribution is 7.89. The van der Waals surface area contributed by atoms with Crippen LogP contribution in [0.25, 0.3) is 0 Å². The average Bonchev–Trinajstić information content (AvgIpc) is 2.81. The highest BCUT2D eigenvalue weighted by Gasteiger charge is 2.31. The molecule has 176 valence electrons. The second kappa shape index (κ2) is 9.65. The minimum atomic E-state index is -3.61. The predicted octanol–water partition coefficient (Wildman–Crippen LogP) is 3.09. The lowest BCUT2D eigenvalue weighted by Crippen LogP contribution is -2.42. The van der Waals surface area contributed by atoms with Crippen molar-refractivity contribution in [2.45, 2.75) is 38.1 Å². The Balaban J connectivity index is 1.34. The van der Waals surface area contributed by atoms with Gasteiger partial charge in [0.2, 0.25) is 10.0 Å². The smallest absolute Gasteiger partial charge is 0.338 e. The second-order valence-electron chi connectivity index (χ2n) is 9.20. The molecule has 0 aromatic heterocycles. The van der Waals surface area contributed by atoms with E-state index in [-0.39, 0.29) is 23.0 Å². The number of benzene rings is 2. The molecule has 0 spiro atoms. The molecule has 2 aromatic carbocycles. The number of sulfonamides is 1. The van der Waals surface area contributed by atoms with Crippen molar-refractivity contribution in [2.75, 3.05) is 26.2 Å². The van der Waals surface area contributed by atoms with Crippen LogP contribution in [-0.2, 0) is 32.5 Å². The summed E-state index contributed by atoms with van der Waals surface area (Å²) >= 11 is 0. The van der Waals surface area contributed by atoms with E-state index in [2.05, 4.69) is 19.9 Å².